The average Bonchev–Trinajstić information content (AvgIpc) is 2.36. The fourth-order valence-electron chi connectivity index (χ4n) is 3.66. The lowest BCUT2D eigenvalue weighted by Gasteiger charge is -2.40. The highest BCUT2D eigenvalue weighted by atomic mass is 16.5. The molecule has 19 heavy (non-hydrogen) atoms. The van der Waals surface area contributed by atoms with Gasteiger partial charge in [0.2, 0.25) is 0 Å². The minimum Gasteiger partial charge on any atom is -0.462 e. The highest BCUT2D eigenvalue weighted by Gasteiger charge is 2.37. The van der Waals surface area contributed by atoms with Crippen molar-refractivity contribution in [2.45, 2.75) is 85.2 Å². The van der Waals surface area contributed by atoms with E-state index in [-0.39, 0.29) is 12.1 Å². The molecule has 0 aromatic carbocycles. The summed E-state index contributed by atoms with van der Waals surface area (Å²) in [5.74, 6) is 1.88. The summed E-state index contributed by atoms with van der Waals surface area (Å²) < 4.78 is 5.72. The second-order valence-electron chi connectivity index (χ2n) is 6.46. The molecular formula is C17H32O2. The van der Waals surface area contributed by atoms with E-state index in [1.165, 1.54) is 51.4 Å². The Kier molecular flexibility index (Phi) is 7.48. The highest BCUT2D eigenvalue weighted by Crippen LogP contribution is 2.40. The van der Waals surface area contributed by atoms with Crippen LogP contribution in [-0.4, -0.2) is 12.1 Å². The number of unbranched alkanes of at least 4 members (excludes halogenated alkanes) is 2. The maximum absolute atomic E-state index is 11.4. The van der Waals surface area contributed by atoms with Crippen molar-refractivity contribution in [1.29, 1.82) is 0 Å². The van der Waals surface area contributed by atoms with Crippen LogP contribution in [0.15, 0.2) is 0 Å². The maximum Gasteiger partial charge on any atom is 0.302 e. The predicted molar refractivity (Wildman–Crippen MR) is 80.0 cm³/mol. The zero-order valence-electron chi connectivity index (χ0n) is 13.3. The number of rotatable bonds is 7. The van der Waals surface area contributed by atoms with Crippen LogP contribution in [0.4, 0.5) is 0 Å². The van der Waals surface area contributed by atoms with E-state index in [0.29, 0.717) is 11.8 Å². The first kappa shape index (κ1) is 16.5. The predicted octanol–water partition coefficient (Wildman–Crippen LogP) is 4.96. The van der Waals surface area contributed by atoms with Gasteiger partial charge in [0.1, 0.15) is 6.10 Å². The number of esters is 1. The third-order valence-corrected chi connectivity index (χ3v) is 4.50. The van der Waals surface area contributed by atoms with Gasteiger partial charge in [-0.1, -0.05) is 46.5 Å². The van der Waals surface area contributed by atoms with Crippen LogP contribution in [0.25, 0.3) is 0 Å². The second kappa shape index (κ2) is 8.60. The van der Waals surface area contributed by atoms with E-state index in [9.17, 15) is 4.79 Å². The van der Waals surface area contributed by atoms with Crippen molar-refractivity contribution < 1.29 is 9.53 Å². The van der Waals surface area contributed by atoms with Crippen LogP contribution in [0, 0.1) is 17.8 Å². The fourth-order valence-corrected chi connectivity index (χ4v) is 3.66. The Morgan fingerprint density at radius 3 is 1.89 bits per heavy atom. The molecule has 112 valence electrons. The van der Waals surface area contributed by atoms with Crippen LogP contribution < -0.4 is 0 Å². The SMILES string of the molecule is CCCCC1CC(C)CC(CCCC)C1OC(C)=O. The van der Waals surface area contributed by atoms with Crippen molar-refractivity contribution in [2.24, 2.45) is 17.8 Å². The summed E-state index contributed by atoms with van der Waals surface area (Å²) in [6.07, 6.45) is 10.1. The van der Waals surface area contributed by atoms with Gasteiger partial charge in [-0.3, -0.25) is 4.79 Å². The zero-order chi connectivity index (χ0) is 14.3. The molecule has 0 spiro atoms. The van der Waals surface area contributed by atoms with Crippen molar-refractivity contribution in [3.8, 4) is 0 Å². The Morgan fingerprint density at radius 2 is 1.53 bits per heavy atom. The first-order valence-corrected chi connectivity index (χ1v) is 8.25. The molecule has 2 unspecified atom stereocenters. The van der Waals surface area contributed by atoms with Gasteiger partial charge in [-0.2, -0.15) is 0 Å². The third kappa shape index (κ3) is 5.54. The molecule has 0 heterocycles. The molecule has 2 nitrogen and oxygen atoms in total. The standard InChI is InChI=1S/C17H32O2/c1-5-7-9-15-11-13(3)12-16(10-8-6-2)17(15)19-14(4)18/h13,15-17H,5-12H2,1-4H3. The molecule has 2 heteroatoms. The van der Waals surface area contributed by atoms with Gasteiger partial charge in [0.15, 0.2) is 0 Å². The lowest BCUT2D eigenvalue weighted by atomic mass is 9.70. The highest BCUT2D eigenvalue weighted by molar-refractivity contribution is 5.66. The Hall–Kier alpha value is -0.530. The Morgan fingerprint density at radius 1 is 1.05 bits per heavy atom. The zero-order valence-corrected chi connectivity index (χ0v) is 13.3. The van der Waals surface area contributed by atoms with E-state index in [4.69, 9.17) is 4.74 Å². The van der Waals surface area contributed by atoms with Crippen LogP contribution in [-0.2, 0) is 9.53 Å². The molecule has 1 aliphatic rings. The number of hydrogen-bond acceptors (Lipinski definition) is 2. The van der Waals surface area contributed by atoms with Gasteiger partial charge in [0.05, 0.1) is 0 Å². The van der Waals surface area contributed by atoms with Crippen molar-refractivity contribution in [2.75, 3.05) is 0 Å². The largest absolute Gasteiger partial charge is 0.462 e. The molecule has 2 atom stereocenters. The Bertz CT molecular complexity index is 244. The van der Waals surface area contributed by atoms with Crippen molar-refractivity contribution in [3.63, 3.8) is 0 Å². The summed E-state index contributed by atoms with van der Waals surface area (Å²) in [6, 6.07) is 0. The topological polar surface area (TPSA) is 26.3 Å². The molecule has 0 aromatic heterocycles. The third-order valence-electron chi connectivity index (χ3n) is 4.50. The summed E-state index contributed by atoms with van der Waals surface area (Å²) >= 11 is 0. The van der Waals surface area contributed by atoms with Crippen LogP contribution in [0.3, 0.4) is 0 Å². The molecule has 1 rings (SSSR count). The number of carbonyl (C=O) groups excluding carboxylic acids is 1. The summed E-state index contributed by atoms with van der Waals surface area (Å²) in [6.45, 7) is 8.40. The van der Waals surface area contributed by atoms with E-state index in [1.807, 2.05) is 0 Å². The molecular weight excluding hydrogens is 236 g/mol. The van der Waals surface area contributed by atoms with Crippen molar-refractivity contribution in [1.82, 2.24) is 0 Å². The molecule has 1 fully saturated rings. The van der Waals surface area contributed by atoms with Gasteiger partial charge < -0.3 is 4.74 Å². The molecule has 0 bridgehead atoms. The van der Waals surface area contributed by atoms with Crippen LogP contribution in [0.5, 0.6) is 0 Å². The van der Waals surface area contributed by atoms with Crippen molar-refractivity contribution >= 4 is 5.97 Å². The van der Waals surface area contributed by atoms with Gasteiger partial charge in [-0.25, -0.2) is 0 Å². The Balaban J connectivity index is 2.70. The monoisotopic (exact) mass is 268 g/mol. The van der Waals surface area contributed by atoms with Crippen LogP contribution >= 0.6 is 0 Å². The lowest BCUT2D eigenvalue weighted by molar-refractivity contribution is -0.156. The molecule has 1 aliphatic carbocycles. The van der Waals surface area contributed by atoms with Gasteiger partial charge >= 0.3 is 5.97 Å². The van der Waals surface area contributed by atoms with E-state index in [2.05, 4.69) is 20.8 Å². The molecule has 0 aliphatic heterocycles. The van der Waals surface area contributed by atoms with E-state index < -0.39 is 0 Å². The second-order valence-corrected chi connectivity index (χ2v) is 6.46. The molecule has 1 saturated carbocycles. The van der Waals surface area contributed by atoms with Gasteiger partial charge in [0.25, 0.3) is 0 Å². The van der Waals surface area contributed by atoms with Crippen LogP contribution in [0.1, 0.15) is 79.1 Å². The number of hydrogen-bond donors (Lipinski definition) is 0. The lowest BCUT2D eigenvalue weighted by Crippen LogP contribution is -2.39. The maximum atomic E-state index is 11.4. The fraction of sp³-hybridized carbons (Fsp3) is 0.941. The van der Waals surface area contributed by atoms with Gasteiger partial charge in [-0.05, 0) is 43.4 Å². The minimum atomic E-state index is -0.0949. The molecule has 0 saturated heterocycles. The first-order valence-electron chi connectivity index (χ1n) is 8.25. The van der Waals surface area contributed by atoms with E-state index in [0.717, 1.165) is 5.92 Å². The normalized spacial score (nSPS) is 31.2. The molecule has 0 N–H and O–H groups in total. The number of carbonyl (C=O) groups is 1. The van der Waals surface area contributed by atoms with E-state index in [1.54, 1.807) is 6.92 Å². The Labute approximate surface area is 119 Å². The first-order chi connectivity index (χ1) is 9.08. The van der Waals surface area contributed by atoms with Crippen LogP contribution in [0.2, 0.25) is 0 Å². The average molecular weight is 268 g/mol. The molecule has 0 aromatic rings. The van der Waals surface area contributed by atoms with Gasteiger partial charge in [-0.15, -0.1) is 0 Å². The smallest absolute Gasteiger partial charge is 0.302 e. The van der Waals surface area contributed by atoms with E-state index >= 15 is 0 Å². The quantitative estimate of drug-likeness (QED) is 0.610. The summed E-state index contributed by atoms with van der Waals surface area (Å²) in [7, 11) is 0. The van der Waals surface area contributed by atoms with Crippen molar-refractivity contribution in [3.05, 3.63) is 0 Å². The number of ether oxygens (including phenoxy) is 1. The minimum absolute atomic E-state index is 0.0949. The summed E-state index contributed by atoms with van der Waals surface area (Å²) in [5, 5.41) is 0. The summed E-state index contributed by atoms with van der Waals surface area (Å²) in [4.78, 5) is 11.4. The van der Waals surface area contributed by atoms with Gasteiger partial charge in [0, 0.05) is 6.92 Å². The summed E-state index contributed by atoms with van der Waals surface area (Å²) in [5.41, 5.74) is 0. The molecule has 0 radical (unpaired) electrons. The molecule has 0 amide bonds.